The highest BCUT2D eigenvalue weighted by atomic mass is 16.5. The highest BCUT2D eigenvalue weighted by molar-refractivity contribution is 5.83. The van der Waals surface area contributed by atoms with Crippen molar-refractivity contribution in [1.82, 2.24) is 10.6 Å². The fourth-order valence-corrected chi connectivity index (χ4v) is 4.62. The second-order valence-electron chi connectivity index (χ2n) is 11.8. The lowest BCUT2D eigenvalue weighted by molar-refractivity contribution is -0.154. The molecule has 2 N–H and O–H groups in total. The predicted octanol–water partition coefficient (Wildman–Crippen LogP) is 4.86. The Labute approximate surface area is 253 Å². The molecular weight excluding hydrogens is 540 g/mol. The Morgan fingerprint density at radius 3 is 1.29 bits per heavy atom. The quantitative estimate of drug-likeness (QED) is 0.101. The van der Waals surface area contributed by atoms with Crippen LogP contribution in [0.1, 0.15) is 119 Å². The van der Waals surface area contributed by atoms with Crippen molar-refractivity contribution in [2.75, 3.05) is 26.4 Å². The third-order valence-electron chi connectivity index (χ3n) is 7.92. The molecule has 0 bridgehead atoms. The van der Waals surface area contributed by atoms with Crippen molar-refractivity contribution in [1.29, 1.82) is 0 Å². The van der Waals surface area contributed by atoms with E-state index in [-0.39, 0.29) is 36.8 Å². The van der Waals surface area contributed by atoms with Gasteiger partial charge >= 0.3 is 23.9 Å². The third-order valence-corrected chi connectivity index (χ3v) is 7.92. The minimum Gasteiger partial charge on any atom is -0.465 e. The van der Waals surface area contributed by atoms with E-state index in [4.69, 9.17) is 18.9 Å². The van der Waals surface area contributed by atoms with E-state index in [9.17, 15) is 19.2 Å². The van der Waals surface area contributed by atoms with Gasteiger partial charge < -0.3 is 29.6 Å². The van der Waals surface area contributed by atoms with E-state index >= 15 is 0 Å². The summed E-state index contributed by atoms with van der Waals surface area (Å²) >= 11 is 0. The van der Waals surface area contributed by atoms with Gasteiger partial charge in [-0.05, 0) is 77.0 Å². The van der Waals surface area contributed by atoms with Crippen molar-refractivity contribution in [2.24, 2.45) is 11.8 Å². The summed E-state index contributed by atoms with van der Waals surface area (Å²) in [6.45, 7) is 13.4. The average Bonchev–Trinajstić information content (AvgIpc) is 2.98. The van der Waals surface area contributed by atoms with Crippen LogP contribution < -0.4 is 10.6 Å². The molecule has 4 unspecified atom stereocenters. The molecule has 1 fully saturated rings. The van der Waals surface area contributed by atoms with Crippen LogP contribution in [0.3, 0.4) is 0 Å². The monoisotopic (exact) mass is 598 g/mol. The van der Waals surface area contributed by atoms with Gasteiger partial charge in [0.2, 0.25) is 0 Å². The van der Waals surface area contributed by atoms with Gasteiger partial charge in [0.15, 0.2) is 0 Å². The average molecular weight is 599 g/mol. The van der Waals surface area contributed by atoms with E-state index in [1.54, 1.807) is 0 Å². The van der Waals surface area contributed by atoms with Gasteiger partial charge in [-0.2, -0.15) is 0 Å². The Morgan fingerprint density at radius 2 is 0.976 bits per heavy atom. The maximum absolute atomic E-state index is 12.6. The molecule has 0 heterocycles. The summed E-state index contributed by atoms with van der Waals surface area (Å²) in [6.07, 6.45) is 8.44. The molecule has 1 rings (SSSR count). The predicted molar refractivity (Wildman–Crippen MR) is 162 cm³/mol. The minimum atomic E-state index is -0.715. The largest absolute Gasteiger partial charge is 0.465 e. The van der Waals surface area contributed by atoms with Crippen molar-refractivity contribution >= 4 is 23.9 Å². The van der Waals surface area contributed by atoms with Crippen LogP contribution in [0.5, 0.6) is 0 Å². The van der Waals surface area contributed by atoms with Gasteiger partial charge in [-0.3, -0.25) is 19.2 Å². The van der Waals surface area contributed by atoms with Gasteiger partial charge in [0.05, 0.1) is 39.3 Å². The highest BCUT2D eigenvalue weighted by Crippen LogP contribution is 2.29. The number of carbonyl (C=O) groups excluding carboxylic acids is 4. The molecule has 1 aliphatic rings. The number of rotatable bonds is 22. The van der Waals surface area contributed by atoms with Crippen molar-refractivity contribution in [3.8, 4) is 0 Å². The first kappa shape index (κ1) is 37.8. The van der Waals surface area contributed by atoms with Gasteiger partial charge in [-0.25, -0.2) is 0 Å². The molecule has 4 atom stereocenters. The Balaban J connectivity index is 2.43. The van der Waals surface area contributed by atoms with Crippen molar-refractivity contribution in [3.05, 3.63) is 0 Å². The molecule has 0 aliphatic heterocycles. The summed E-state index contributed by atoms with van der Waals surface area (Å²) < 4.78 is 21.8. The molecule has 244 valence electrons. The van der Waals surface area contributed by atoms with Gasteiger partial charge in [0.25, 0.3) is 0 Å². The summed E-state index contributed by atoms with van der Waals surface area (Å²) in [5, 5.41) is 6.37. The SMILES string of the molecule is CCCCOC(=O)C(CC(=O)OCC1CCC(COC(=O)CC(NC(C)CC)C(=O)OCCCC)CC1)NC(C)CC. The fraction of sp³-hybridized carbons (Fsp3) is 0.875. The summed E-state index contributed by atoms with van der Waals surface area (Å²) in [5.74, 6) is -1.17. The molecule has 0 radical (unpaired) electrons. The van der Waals surface area contributed by atoms with Crippen LogP contribution in [0.4, 0.5) is 0 Å². The smallest absolute Gasteiger partial charge is 0.323 e. The van der Waals surface area contributed by atoms with Crippen LogP contribution in [0, 0.1) is 11.8 Å². The molecule has 0 aromatic heterocycles. The molecule has 42 heavy (non-hydrogen) atoms. The Hall–Kier alpha value is -2.20. The number of hydrogen-bond acceptors (Lipinski definition) is 10. The third kappa shape index (κ3) is 16.4. The van der Waals surface area contributed by atoms with Crippen LogP contribution in [-0.4, -0.2) is 74.5 Å². The first-order valence-electron chi connectivity index (χ1n) is 16.3. The molecule has 1 aliphatic carbocycles. The van der Waals surface area contributed by atoms with Gasteiger partial charge in [0.1, 0.15) is 12.1 Å². The lowest BCUT2D eigenvalue weighted by atomic mass is 9.83. The molecule has 0 spiro atoms. The van der Waals surface area contributed by atoms with E-state index in [1.807, 2.05) is 41.5 Å². The number of carbonyl (C=O) groups is 4. The van der Waals surface area contributed by atoms with Gasteiger partial charge in [-0.1, -0.05) is 40.5 Å². The Kier molecular flexibility index (Phi) is 20.1. The lowest BCUT2D eigenvalue weighted by Crippen LogP contribution is -2.44. The first-order chi connectivity index (χ1) is 20.1. The fourth-order valence-electron chi connectivity index (χ4n) is 4.62. The van der Waals surface area contributed by atoms with Crippen molar-refractivity contribution in [3.63, 3.8) is 0 Å². The van der Waals surface area contributed by atoms with Crippen molar-refractivity contribution in [2.45, 2.75) is 143 Å². The Bertz CT molecular complexity index is 720. The molecule has 0 amide bonds. The molecule has 1 saturated carbocycles. The molecular formula is C32H58N2O8. The summed E-state index contributed by atoms with van der Waals surface area (Å²) in [4.78, 5) is 50.2. The van der Waals surface area contributed by atoms with E-state index in [2.05, 4.69) is 10.6 Å². The second-order valence-corrected chi connectivity index (χ2v) is 11.8. The van der Waals surface area contributed by atoms with Crippen LogP contribution in [0.25, 0.3) is 0 Å². The summed E-state index contributed by atoms with van der Waals surface area (Å²) in [7, 11) is 0. The zero-order valence-corrected chi connectivity index (χ0v) is 27.0. The maximum Gasteiger partial charge on any atom is 0.323 e. The van der Waals surface area contributed by atoms with E-state index < -0.39 is 36.0 Å². The van der Waals surface area contributed by atoms with Crippen LogP contribution in [0.2, 0.25) is 0 Å². The number of ether oxygens (including phenoxy) is 4. The van der Waals surface area contributed by atoms with E-state index in [0.717, 1.165) is 64.2 Å². The second kappa shape index (κ2) is 22.4. The summed E-state index contributed by atoms with van der Waals surface area (Å²) in [6, 6.07) is -1.28. The van der Waals surface area contributed by atoms with Gasteiger partial charge in [0, 0.05) is 12.1 Å². The number of esters is 4. The van der Waals surface area contributed by atoms with Crippen LogP contribution >= 0.6 is 0 Å². The molecule has 0 saturated heterocycles. The van der Waals surface area contributed by atoms with Crippen LogP contribution in [-0.2, 0) is 38.1 Å². The zero-order valence-electron chi connectivity index (χ0n) is 27.0. The molecule has 0 aromatic rings. The molecule has 0 aromatic carbocycles. The van der Waals surface area contributed by atoms with E-state index in [0.29, 0.717) is 26.4 Å². The lowest BCUT2D eigenvalue weighted by Gasteiger charge is -2.28. The topological polar surface area (TPSA) is 129 Å². The van der Waals surface area contributed by atoms with Crippen molar-refractivity contribution < 1.29 is 38.1 Å². The highest BCUT2D eigenvalue weighted by Gasteiger charge is 2.29. The first-order valence-corrected chi connectivity index (χ1v) is 16.3. The van der Waals surface area contributed by atoms with E-state index in [1.165, 1.54) is 0 Å². The normalized spacial score (nSPS) is 19.7. The summed E-state index contributed by atoms with van der Waals surface area (Å²) in [5.41, 5.74) is 0. The van der Waals surface area contributed by atoms with Crippen LogP contribution in [0.15, 0.2) is 0 Å². The number of nitrogens with one attached hydrogen (secondary N) is 2. The molecule has 10 nitrogen and oxygen atoms in total. The Morgan fingerprint density at radius 1 is 0.619 bits per heavy atom. The number of hydrogen-bond donors (Lipinski definition) is 2. The van der Waals surface area contributed by atoms with Gasteiger partial charge in [-0.15, -0.1) is 0 Å². The maximum atomic E-state index is 12.6. The zero-order chi connectivity index (χ0) is 31.3. The molecule has 10 heteroatoms. The minimum absolute atomic E-state index is 0.0559. The number of unbranched alkanes of at least 4 members (excludes halogenated alkanes) is 2. The standard InChI is InChI=1S/C32H58N2O8/c1-7-11-17-39-31(37)27(33-23(5)9-3)19-29(35)41-21-25-13-15-26(16-14-25)22-42-30(36)20-28(34-24(6)10-4)32(38)40-18-12-8-2/h23-28,33-34H,7-22H2,1-6H3.